The van der Waals surface area contributed by atoms with Crippen LogP contribution in [0.2, 0.25) is 0 Å². The molecule has 0 saturated carbocycles. The van der Waals surface area contributed by atoms with E-state index in [4.69, 9.17) is 0 Å². The van der Waals surface area contributed by atoms with E-state index in [0.29, 0.717) is 6.54 Å². The van der Waals surface area contributed by atoms with Crippen molar-refractivity contribution < 1.29 is 9.18 Å². The van der Waals surface area contributed by atoms with Crippen molar-refractivity contribution in [3.05, 3.63) is 0 Å². The van der Waals surface area contributed by atoms with E-state index in [1.54, 1.807) is 0 Å². The van der Waals surface area contributed by atoms with E-state index in [9.17, 15) is 9.18 Å². The molecule has 3 nitrogen and oxygen atoms in total. The van der Waals surface area contributed by atoms with Gasteiger partial charge in [-0.25, -0.2) is 4.39 Å². The Hall–Kier alpha value is -0.640. The largest absolute Gasteiger partial charge is 0.349 e. The molecule has 1 aliphatic rings. The fourth-order valence-electron chi connectivity index (χ4n) is 2.91. The molecule has 106 valence electrons. The van der Waals surface area contributed by atoms with Crippen LogP contribution < -0.4 is 5.32 Å². The SMILES string of the molecule is CC(=O)N[C@H]1C(C(C)(C)C)N(C(C)(C)C)C[C@@H]1F. The first kappa shape index (κ1) is 15.4. The Morgan fingerprint density at radius 1 is 1.22 bits per heavy atom. The molecule has 1 unspecified atom stereocenters. The lowest BCUT2D eigenvalue weighted by atomic mass is 9.81. The monoisotopic (exact) mass is 258 g/mol. The highest BCUT2D eigenvalue weighted by atomic mass is 19.1. The first-order chi connectivity index (χ1) is 7.94. The second-order valence-electron chi connectivity index (χ2n) is 7.38. The number of carbonyl (C=O) groups excluding carboxylic acids is 1. The zero-order chi connectivity index (χ0) is 14.3. The Morgan fingerprint density at radius 3 is 2.06 bits per heavy atom. The van der Waals surface area contributed by atoms with Gasteiger partial charge in [0.1, 0.15) is 6.17 Å². The summed E-state index contributed by atoms with van der Waals surface area (Å²) >= 11 is 0. The molecule has 0 aliphatic carbocycles. The number of nitrogens with one attached hydrogen (secondary N) is 1. The summed E-state index contributed by atoms with van der Waals surface area (Å²) in [6.45, 7) is 14.4. The predicted octanol–water partition coefficient (Wildman–Crippen LogP) is 2.36. The number of rotatable bonds is 1. The number of hydrogen-bond donors (Lipinski definition) is 1. The fraction of sp³-hybridized carbons (Fsp3) is 0.929. The van der Waals surface area contributed by atoms with Gasteiger partial charge < -0.3 is 5.32 Å². The van der Waals surface area contributed by atoms with Crippen molar-refractivity contribution in [2.24, 2.45) is 5.41 Å². The number of nitrogens with zero attached hydrogens (tertiary/aromatic N) is 1. The molecule has 3 atom stereocenters. The molecule has 0 aromatic rings. The van der Waals surface area contributed by atoms with Gasteiger partial charge >= 0.3 is 0 Å². The van der Waals surface area contributed by atoms with Crippen molar-refractivity contribution in [3.8, 4) is 0 Å². The number of carbonyl (C=O) groups is 1. The minimum Gasteiger partial charge on any atom is -0.349 e. The highest BCUT2D eigenvalue weighted by molar-refractivity contribution is 5.73. The van der Waals surface area contributed by atoms with Crippen molar-refractivity contribution in [3.63, 3.8) is 0 Å². The van der Waals surface area contributed by atoms with Gasteiger partial charge in [0.2, 0.25) is 5.91 Å². The standard InChI is InChI=1S/C14H27FN2O/c1-9(18)16-11-10(15)8-17(14(5,6)7)12(11)13(2,3)4/h10-12H,8H2,1-7H3,(H,16,18)/t10-,11+,12?/m0/s1. The summed E-state index contributed by atoms with van der Waals surface area (Å²) in [5.74, 6) is -0.160. The van der Waals surface area contributed by atoms with E-state index in [0.717, 1.165) is 0 Å². The molecule has 1 fully saturated rings. The summed E-state index contributed by atoms with van der Waals surface area (Å²) in [5.41, 5.74) is -0.184. The normalized spacial score (nSPS) is 30.6. The smallest absolute Gasteiger partial charge is 0.217 e. The Labute approximate surface area is 110 Å². The van der Waals surface area contributed by atoms with E-state index in [1.807, 2.05) is 0 Å². The molecular weight excluding hydrogens is 231 g/mol. The Bertz CT molecular complexity index is 317. The summed E-state index contributed by atoms with van der Waals surface area (Å²) in [4.78, 5) is 13.5. The third-order valence-corrected chi connectivity index (χ3v) is 3.56. The lowest BCUT2D eigenvalue weighted by Crippen LogP contribution is -2.56. The number of alkyl halides is 1. The summed E-state index contributed by atoms with van der Waals surface area (Å²) in [7, 11) is 0. The van der Waals surface area contributed by atoms with Crippen molar-refractivity contribution in [1.82, 2.24) is 10.2 Å². The third kappa shape index (κ3) is 3.22. The molecule has 0 radical (unpaired) electrons. The number of hydrogen-bond acceptors (Lipinski definition) is 2. The van der Waals surface area contributed by atoms with Crippen LogP contribution in [0.3, 0.4) is 0 Å². The van der Waals surface area contributed by atoms with Crippen LogP contribution in [0.5, 0.6) is 0 Å². The highest BCUT2D eigenvalue weighted by Crippen LogP contribution is 2.38. The molecule has 0 bridgehead atoms. The Morgan fingerprint density at radius 2 is 1.72 bits per heavy atom. The predicted molar refractivity (Wildman–Crippen MR) is 72.2 cm³/mol. The first-order valence-corrected chi connectivity index (χ1v) is 6.62. The molecule has 1 aliphatic heterocycles. The van der Waals surface area contributed by atoms with E-state index in [2.05, 4.69) is 51.8 Å². The van der Waals surface area contributed by atoms with Gasteiger partial charge in [0, 0.05) is 25.0 Å². The van der Waals surface area contributed by atoms with E-state index >= 15 is 0 Å². The molecule has 1 N–H and O–H groups in total. The minimum atomic E-state index is -1.00. The number of halogens is 1. The summed E-state index contributed by atoms with van der Waals surface area (Å²) in [5, 5.41) is 2.79. The zero-order valence-corrected chi connectivity index (χ0v) is 12.7. The van der Waals surface area contributed by atoms with Crippen molar-refractivity contribution in [2.75, 3.05) is 6.54 Å². The molecule has 1 heterocycles. The maximum absolute atomic E-state index is 14.3. The van der Waals surface area contributed by atoms with E-state index < -0.39 is 12.2 Å². The molecule has 1 amide bonds. The van der Waals surface area contributed by atoms with Crippen LogP contribution in [0.1, 0.15) is 48.5 Å². The van der Waals surface area contributed by atoms with Crippen molar-refractivity contribution >= 4 is 5.91 Å². The van der Waals surface area contributed by atoms with Gasteiger partial charge in [0.25, 0.3) is 0 Å². The van der Waals surface area contributed by atoms with E-state index in [-0.39, 0.29) is 22.9 Å². The average Bonchev–Trinajstić information content (AvgIpc) is 2.41. The van der Waals surface area contributed by atoms with Crippen LogP contribution in [0, 0.1) is 5.41 Å². The lowest BCUT2D eigenvalue weighted by Gasteiger charge is -2.44. The van der Waals surface area contributed by atoms with Gasteiger partial charge in [-0.2, -0.15) is 0 Å². The van der Waals surface area contributed by atoms with Crippen LogP contribution in [-0.2, 0) is 4.79 Å². The van der Waals surface area contributed by atoms with Crippen LogP contribution in [0.15, 0.2) is 0 Å². The van der Waals surface area contributed by atoms with Gasteiger partial charge in [-0.3, -0.25) is 9.69 Å². The van der Waals surface area contributed by atoms with E-state index in [1.165, 1.54) is 6.92 Å². The Kier molecular flexibility index (Phi) is 4.11. The fourth-order valence-corrected chi connectivity index (χ4v) is 2.91. The van der Waals surface area contributed by atoms with Gasteiger partial charge in [-0.1, -0.05) is 20.8 Å². The molecule has 1 rings (SSSR count). The van der Waals surface area contributed by atoms with Gasteiger partial charge in [-0.15, -0.1) is 0 Å². The second-order valence-corrected chi connectivity index (χ2v) is 7.38. The zero-order valence-electron chi connectivity index (χ0n) is 12.7. The summed E-state index contributed by atoms with van der Waals surface area (Å²) in [6, 6.07) is -0.405. The number of amides is 1. The molecule has 0 aromatic heterocycles. The molecule has 4 heteroatoms. The average molecular weight is 258 g/mol. The lowest BCUT2D eigenvalue weighted by molar-refractivity contribution is -0.120. The van der Waals surface area contributed by atoms with Crippen LogP contribution in [-0.4, -0.2) is 41.1 Å². The van der Waals surface area contributed by atoms with Crippen LogP contribution in [0.25, 0.3) is 0 Å². The maximum Gasteiger partial charge on any atom is 0.217 e. The van der Waals surface area contributed by atoms with Gasteiger partial charge in [0.15, 0.2) is 0 Å². The van der Waals surface area contributed by atoms with Crippen LogP contribution >= 0.6 is 0 Å². The first-order valence-electron chi connectivity index (χ1n) is 6.62. The summed E-state index contributed by atoms with van der Waals surface area (Å²) in [6.07, 6.45) is -1.00. The Balaban J connectivity index is 3.07. The quantitative estimate of drug-likeness (QED) is 0.783. The van der Waals surface area contributed by atoms with Gasteiger partial charge in [-0.05, 0) is 26.2 Å². The molecule has 0 aromatic carbocycles. The highest BCUT2D eigenvalue weighted by Gasteiger charge is 2.51. The van der Waals surface area contributed by atoms with Crippen molar-refractivity contribution in [1.29, 1.82) is 0 Å². The molecule has 1 saturated heterocycles. The van der Waals surface area contributed by atoms with Gasteiger partial charge in [0.05, 0.1) is 6.04 Å². The number of likely N-dealkylation sites (tertiary alicyclic amines) is 1. The van der Waals surface area contributed by atoms with Crippen molar-refractivity contribution in [2.45, 2.75) is 72.3 Å². The molecular formula is C14H27FN2O. The molecule has 0 spiro atoms. The van der Waals surface area contributed by atoms with Crippen LogP contribution in [0.4, 0.5) is 4.39 Å². The minimum absolute atomic E-state index is 0.0106. The second kappa shape index (κ2) is 4.80. The summed E-state index contributed by atoms with van der Waals surface area (Å²) < 4.78 is 14.3. The topological polar surface area (TPSA) is 32.3 Å². The third-order valence-electron chi connectivity index (χ3n) is 3.56. The molecule has 18 heavy (non-hydrogen) atoms. The maximum atomic E-state index is 14.3.